The third-order valence-electron chi connectivity index (χ3n) is 9.96. The molecule has 0 saturated carbocycles. The summed E-state index contributed by atoms with van der Waals surface area (Å²) in [6, 6.07) is 51.8. The minimum Gasteiger partial charge on any atom is -0.310 e. The highest BCUT2D eigenvalue weighted by Crippen LogP contribution is 2.43. The number of fused-ring (bicyclic) bond motifs is 6. The predicted octanol–water partition coefficient (Wildman–Crippen LogP) is 15.0. The summed E-state index contributed by atoms with van der Waals surface area (Å²) in [5, 5.41) is 7.74. The average Bonchev–Trinajstić information content (AvgIpc) is 3.55. The topological polar surface area (TPSA) is 3.24 Å². The Morgan fingerprint density at radius 1 is 0.647 bits per heavy atom. The number of rotatable bonds is 10. The van der Waals surface area contributed by atoms with Crippen molar-refractivity contribution in [1.82, 2.24) is 0 Å². The van der Waals surface area contributed by atoms with Gasteiger partial charge in [0.15, 0.2) is 0 Å². The van der Waals surface area contributed by atoms with Crippen LogP contribution in [0, 0.1) is 0 Å². The van der Waals surface area contributed by atoms with Gasteiger partial charge in [-0.25, -0.2) is 0 Å². The summed E-state index contributed by atoms with van der Waals surface area (Å²) in [4.78, 5) is 2.40. The van der Waals surface area contributed by atoms with Gasteiger partial charge in [0, 0.05) is 37.2 Å². The van der Waals surface area contributed by atoms with Crippen molar-refractivity contribution in [3.63, 3.8) is 0 Å². The Kier molecular flexibility index (Phi) is 9.09. The summed E-state index contributed by atoms with van der Waals surface area (Å²) >= 11 is 1.90. The van der Waals surface area contributed by atoms with Gasteiger partial charge in [-0.15, -0.1) is 11.3 Å². The quantitative estimate of drug-likeness (QED) is 0.103. The van der Waals surface area contributed by atoms with Crippen LogP contribution in [0.2, 0.25) is 0 Å². The fourth-order valence-electron chi connectivity index (χ4n) is 7.37. The van der Waals surface area contributed by atoms with E-state index in [0.29, 0.717) is 0 Å². The van der Waals surface area contributed by atoms with Crippen LogP contribution in [-0.2, 0) is 6.42 Å². The number of aryl methyl sites for hydroxylation is 1. The van der Waals surface area contributed by atoms with Gasteiger partial charge in [-0.05, 0) is 118 Å². The van der Waals surface area contributed by atoms with Gasteiger partial charge in [-0.3, -0.25) is 0 Å². The molecule has 0 aliphatic carbocycles. The number of thiophene rings is 1. The smallest absolute Gasteiger partial charge is 0.0476 e. The van der Waals surface area contributed by atoms with Gasteiger partial charge >= 0.3 is 0 Å². The Bertz CT molecular complexity index is 2600. The monoisotopic (exact) mass is 675 g/mol. The summed E-state index contributed by atoms with van der Waals surface area (Å²) in [7, 11) is 0. The number of nitrogens with zero attached hydrogens (tertiary/aromatic N) is 1. The van der Waals surface area contributed by atoms with Crippen molar-refractivity contribution in [3.05, 3.63) is 182 Å². The molecular formula is C49H41NS. The van der Waals surface area contributed by atoms with E-state index in [0.717, 1.165) is 23.5 Å². The van der Waals surface area contributed by atoms with Crippen LogP contribution < -0.4 is 4.90 Å². The third kappa shape index (κ3) is 6.29. The van der Waals surface area contributed by atoms with E-state index in [1.807, 2.05) is 23.5 Å². The van der Waals surface area contributed by atoms with Crippen LogP contribution in [0.4, 0.5) is 17.1 Å². The molecule has 2 heteroatoms. The van der Waals surface area contributed by atoms with Gasteiger partial charge < -0.3 is 4.90 Å². The summed E-state index contributed by atoms with van der Waals surface area (Å²) < 4.78 is 2.67. The van der Waals surface area contributed by atoms with Gasteiger partial charge in [0.1, 0.15) is 0 Å². The Morgan fingerprint density at radius 2 is 1.35 bits per heavy atom. The first-order valence-electron chi connectivity index (χ1n) is 18.0. The van der Waals surface area contributed by atoms with Gasteiger partial charge in [0.25, 0.3) is 0 Å². The summed E-state index contributed by atoms with van der Waals surface area (Å²) in [5.41, 5.74) is 9.60. The summed E-state index contributed by atoms with van der Waals surface area (Å²) in [6.07, 6.45) is 11.6. The van der Waals surface area contributed by atoms with Crippen molar-refractivity contribution >= 4 is 75.7 Å². The minimum absolute atomic E-state index is 1.12. The van der Waals surface area contributed by atoms with Gasteiger partial charge in [-0.2, -0.15) is 0 Å². The first-order valence-corrected chi connectivity index (χ1v) is 18.8. The first-order chi connectivity index (χ1) is 25.1. The van der Waals surface area contributed by atoms with Crippen molar-refractivity contribution in [3.8, 4) is 11.1 Å². The summed E-state index contributed by atoms with van der Waals surface area (Å²) in [5.74, 6) is 0. The largest absolute Gasteiger partial charge is 0.310 e. The molecule has 0 amide bonds. The molecule has 1 heterocycles. The number of allylic oxidation sites excluding steroid dienone is 5. The number of hydrogen-bond donors (Lipinski definition) is 0. The summed E-state index contributed by atoms with van der Waals surface area (Å²) in [6.45, 7) is 8.20. The van der Waals surface area contributed by atoms with Gasteiger partial charge in [0.05, 0.1) is 0 Å². The molecule has 0 aliphatic heterocycles. The molecule has 0 N–H and O–H groups in total. The number of hydrogen-bond acceptors (Lipinski definition) is 2. The zero-order chi connectivity index (χ0) is 34.7. The number of benzene rings is 7. The first kappa shape index (κ1) is 32.5. The second kappa shape index (κ2) is 14.3. The zero-order valence-electron chi connectivity index (χ0n) is 29.3. The molecule has 0 saturated heterocycles. The molecule has 0 radical (unpaired) electrons. The number of unbranched alkanes of at least 4 members (excludes halogenated alkanes) is 1. The lowest BCUT2D eigenvalue weighted by Crippen LogP contribution is -2.10. The normalized spacial score (nSPS) is 12.1. The Morgan fingerprint density at radius 3 is 2.14 bits per heavy atom. The van der Waals surface area contributed by atoms with Crippen molar-refractivity contribution in [2.45, 2.75) is 33.1 Å². The van der Waals surface area contributed by atoms with E-state index in [4.69, 9.17) is 0 Å². The highest BCUT2D eigenvalue weighted by Gasteiger charge is 2.17. The lowest BCUT2D eigenvalue weighted by Gasteiger charge is -2.26. The van der Waals surface area contributed by atoms with E-state index >= 15 is 0 Å². The van der Waals surface area contributed by atoms with Gasteiger partial charge in [-0.1, -0.05) is 135 Å². The highest BCUT2D eigenvalue weighted by molar-refractivity contribution is 7.25. The molecule has 248 valence electrons. The molecule has 51 heavy (non-hydrogen) atoms. The minimum atomic E-state index is 1.12. The Hall–Kier alpha value is -5.70. The fourth-order valence-corrected chi connectivity index (χ4v) is 8.58. The molecule has 8 aromatic rings. The van der Waals surface area contributed by atoms with Crippen LogP contribution in [0.25, 0.3) is 58.4 Å². The maximum Gasteiger partial charge on any atom is 0.0476 e. The molecule has 0 atom stereocenters. The van der Waals surface area contributed by atoms with E-state index in [-0.39, 0.29) is 0 Å². The van der Waals surface area contributed by atoms with Crippen LogP contribution >= 0.6 is 11.3 Å². The van der Waals surface area contributed by atoms with E-state index in [1.54, 1.807) is 0 Å². The fraction of sp³-hybridized carbons (Fsp3) is 0.102. The maximum atomic E-state index is 3.86. The maximum absolute atomic E-state index is 3.86. The SMILES string of the molecule is C=C/C=C\C(=C/C)c1ccc(N(c2cccc(-c3cc4ccccc4c4ccccc34)c2)c2ccc3c(c2)sc2cc(CCCC)ccc23)cc1. The molecule has 1 aromatic heterocycles. The molecule has 7 aromatic carbocycles. The molecule has 0 fully saturated rings. The van der Waals surface area contributed by atoms with Crippen LogP contribution in [-0.4, -0.2) is 0 Å². The van der Waals surface area contributed by atoms with Crippen molar-refractivity contribution in [2.24, 2.45) is 0 Å². The molecule has 0 bridgehead atoms. The number of anilines is 3. The van der Waals surface area contributed by atoms with E-state index in [1.165, 1.54) is 82.4 Å². The molecule has 0 aliphatic rings. The van der Waals surface area contributed by atoms with Gasteiger partial charge in [0.2, 0.25) is 0 Å². The lowest BCUT2D eigenvalue weighted by atomic mass is 9.93. The van der Waals surface area contributed by atoms with E-state index < -0.39 is 0 Å². The third-order valence-corrected chi connectivity index (χ3v) is 11.1. The Labute approximate surface area is 305 Å². The van der Waals surface area contributed by atoms with Crippen LogP contribution in [0.1, 0.15) is 37.8 Å². The van der Waals surface area contributed by atoms with Crippen LogP contribution in [0.5, 0.6) is 0 Å². The van der Waals surface area contributed by atoms with Crippen molar-refractivity contribution in [2.75, 3.05) is 4.90 Å². The lowest BCUT2D eigenvalue weighted by molar-refractivity contribution is 0.796. The molecule has 0 unspecified atom stereocenters. The van der Waals surface area contributed by atoms with Crippen molar-refractivity contribution < 1.29 is 0 Å². The van der Waals surface area contributed by atoms with Crippen LogP contribution in [0.3, 0.4) is 0 Å². The van der Waals surface area contributed by atoms with Crippen molar-refractivity contribution in [1.29, 1.82) is 0 Å². The second-order valence-corrected chi connectivity index (χ2v) is 14.3. The molecule has 8 rings (SSSR count). The standard InChI is InChI=1S/C49H41NS/c1-4-7-14-34-22-28-45-46-29-27-41(33-49(46)51-48(45)30-34)50(39-25-23-36(24-26-39)35(6-3)15-8-5-2)40-18-13-17-37(31-40)47-32-38-16-9-10-19-42(38)43-20-11-12-21-44(43)47/h5-6,8-13,15-33H,2,4,7,14H2,1,3H3/b15-8-,35-6+. The molecule has 0 spiro atoms. The molecule has 1 nitrogen and oxygen atoms in total. The second-order valence-electron chi connectivity index (χ2n) is 13.2. The Balaban J connectivity index is 1.28. The molecular weight excluding hydrogens is 635 g/mol. The highest BCUT2D eigenvalue weighted by atomic mass is 32.1. The average molecular weight is 676 g/mol. The van der Waals surface area contributed by atoms with E-state index in [9.17, 15) is 0 Å². The van der Waals surface area contributed by atoms with Crippen LogP contribution in [0.15, 0.2) is 170 Å². The zero-order valence-corrected chi connectivity index (χ0v) is 30.1. The predicted molar refractivity (Wildman–Crippen MR) is 226 cm³/mol. The van der Waals surface area contributed by atoms with E-state index in [2.05, 4.69) is 177 Å².